The van der Waals surface area contributed by atoms with E-state index in [2.05, 4.69) is 5.32 Å². The fourth-order valence-electron chi connectivity index (χ4n) is 2.95. The molecule has 0 radical (unpaired) electrons. The third-order valence-electron chi connectivity index (χ3n) is 4.45. The molecule has 0 saturated heterocycles. The van der Waals surface area contributed by atoms with E-state index in [-0.39, 0.29) is 16.4 Å². The summed E-state index contributed by atoms with van der Waals surface area (Å²) >= 11 is 5.74. The average Bonchev–Trinajstić information content (AvgIpc) is 3.31. The Morgan fingerprint density at radius 2 is 2.03 bits per heavy atom. The number of halogens is 1. The van der Waals surface area contributed by atoms with Crippen molar-refractivity contribution in [2.75, 3.05) is 11.9 Å². The maximum atomic E-state index is 12.4. The van der Waals surface area contributed by atoms with Gasteiger partial charge in [0.1, 0.15) is 10.8 Å². The number of furan rings is 1. The Morgan fingerprint density at radius 3 is 2.70 bits per heavy atom. The Hall–Kier alpha value is -3.59. The molecule has 0 saturated carbocycles. The lowest BCUT2D eigenvalue weighted by Crippen LogP contribution is -2.21. The fraction of sp³-hybridized carbons (Fsp3) is 0.200. The Kier molecular flexibility index (Phi) is 6.22. The summed E-state index contributed by atoms with van der Waals surface area (Å²) in [5, 5.41) is 13.3. The van der Waals surface area contributed by atoms with Gasteiger partial charge >= 0.3 is 5.97 Å². The van der Waals surface area contributed by atoms with E-state index in [1.807, 2.05) is 17.6 Å². The molecule has 2 heterocycles. The summed E-state index contributed by atoms with van der Waals surface area (Å²) in [6, 6.07) is 9.15. The number of esters is 1. The molecule has 0 atom stereocenters. The minimum atomic E-state index is -0.656. The quantitative estimate of drug-likeness (QED) is 0.342. The molecule has 2 aromatic heterocycles. The largest absolute Gasteiger partial charge is 0.467 e. The first-order valence-electron chi connectivity index (χ1n) is 8.86. The second-order valence-electron chi connectivity index (χ2n) is 6.50. The first kappa shape index (κ1) is 21.1. The number of nitrogens with one attached hydrogen (secondary N) is 1. The number of aromatic nitrogens is 1. The molecule has 0 aliphatic heterocycles. The number of nitro benzene ring substituents is 1. The predicted octanol–water partition coefficient (Wildman–Crippen LogP) is 4.10. The van der Waals surface area contributed by atoms with Crippen LogP contribution in [0.3, 0.4) is 0 Å². The Balaban J connectivity index is 1.62. The van der Waals surface area contributed by atoms with E-state index in [0.717, 1.165) is 17.5 Å². The second-order valence-corrected chi connectivity index (χ2v) is 6.91. The molecule has 1 amide bonds. The van der Waals surface area contributed by atoms with Crippen molar-refractivity contribution in [1.29, 1.82) is 0 Å². The fourth-order valence-corrected chi connectivity index (χ4v) is 3.13. The normalized spacial score (nSPS) is 10.6. The Bertz CT molecular complexity index is 1100. The monoisotopic (exact) mass is 431 g/mol. The summed E-state index contributed by atoms with van der Waals surface area (Å²) in [4.78, 5) is 34.8. The van der Waals surface area contributed by atoms with Gasteiger partial charge in [0, 0.05) is 23.1 Å². The van der Waals surface area contributed by atoms with Gasteiger partial charge in [0.15, 0.2) is 6.61 Å². The van der Waals surface area contributed by atoms with E-state index in [1.54, 1.807) is 25.3 Å². The molecule has 0 spiro atoms. The molecule has 9 nitrogen and oxygen atoms in total. The third kappa shape index (κ3) is 4.69. The molecule has 10 heteroatoms. The number of rotatable bonds is 7. The number of hydrogen-bond acceptors (Lipinski definition) is 6. The zero-order valence-electron chi connectivity index (χ0n) is 16.2. The van der Waals surface area contributed by atoms with Gasteiger partial charge in [-0.05, 0) is 44.2 Å². The molecule has 0 aliphatic carbocycles. The molecule has 0 unspecified atom stereocenters. The molecular weight excluding hydrogens is 414 g/mol. The van der Waals surface area contributed by atoms with Crippen molar-refractivity contribution in [2.45, 2.75) is 20.4 Å². The summed E-state index contributed by atoms with van der Waals surface area (Å²) in [6.07, 6.45) is 1.58. The molecule has 30 heavy (non-hydrogen) atoms. The van der Waals surface area contributed by atoms with Gasteiger partial charge < -0.3 is 19.0 Å². The summed E-state index contributed by atoms with van der Waals surface area (Å²) in [7, 11) is 0. The number of anilines is 1. The number of benzene rings is 1. The van der Waals surface area contributed by atoms with E-state index >= 15 is 0 Å². The van der Waals surface area contributed by atoms with Crippen LogP contribution in [0.2, 0.25) is 5.02 Å². The number of hydrogen-bond donors (Lipinski definition) is 1. The number of aryl methyl sites for hydroxylation is 1. The highest BCUT2D eigenvalue weighted by Gasteiger charge is 2.19. The van der Waals surface area contributed by atoms with Gasteiger partial charge in [-0.3, -0.25) is 14.9 Å². The van der Waals surface area contributed by atoms with Crippen LogP contribution in [-0.4, -0.2) is 28.0 Å². The zero-order valence-corrected chi connectivity index (χ0v) is 16.9. The maximum Gasteiger partial charge on any atom is 0.340 e. The highest BCUT2D eigenvalue weighted by molar-refractivity contribution is 6.32. The van der Waals surface area contributed by atoms with Gasteiger partial charge in [-0.1, -0.05) is 11.6 Å². The lowest BCUT2D eigenvalue weighted by Gasteiger charge is -2.09. The number of nitrogens with zero attached hydrogens (tertiary/aromatic N) is 2. The lowest BCUT2D eigenvalue weighted by molar-refractivity contribution is -0.384. The van der Waals surface area contributed by atoms with Crippen LogP contribution in [0, 0.1) is 24.0 Å². The van der Waals surface area contributed by atoms with Crippen LogP contribution in [0.1, 0.15) is 27.5 Å². The first-order valence-corrected chi connectivity index (χ1v) is 9.24. The number of nitro groups is 1. The van der Waals surface area contributed by atoms with E-state index in [9.17, 15) is 19.7 Å². The van der Waals surface area contributed by atoms with Crippen molar-refractivity contribution in [2.24, 2.45) is 0 Å². The highest BCUT2D eigenvalue weighted by Crippen LogP contribution is 2.27. The lowest BCUT2D eigenvalue weighted by atomic mass is 10.2. The molecule has 3 rings (SSSR count). The molecule has 1 N–H and O–H groups in total. The van der Waals surface area contributed by atoms with E-state index in [4.69, 9.17) is 20.8 Å². The standard InChI is InChI=1S/C20H18ClN3O6/c1-12-8-16(13(2)23(12)10-15-4-3-7-29-15)20(26)30-11-19(25)22-14-5-6-17(21)18(9-14)24(27)28/h3-9H,10-11H2,1-2H3,(H,22,25). The van der Waals surface area contributed by atoms with Gasteiger partial charge in [-0.25, -0.2) is 4.79 Å². The van der Waals surface area contributed by atoms with Crippen molar-refractivity contribution < 1.29 is 23.7 Å². The molecule has 0 bridgehead atoms. The van der Waals surface area contributed by atoms with Crippen LogP contribution in [0.25, 0.3) is 0 Å². The zero-order chi connectivity index (χ0) is 21.8. The summed E-state index contributed by atoms with van der Waals surface area (Å²) in [5.74, 6) is -0.538. The summed E-state index contributed by atoms with van der Waals surface area (Å²) < 4.78 is 12.3. The molecule has 3 aromatic rings. The SMILES string of the molecule is Cc1cc(C(=O)OCC(=O)Nc2ccc(Cl)c([N+](=O)[O-])c2)c(C)n1Cc1ccco1. The molecule has 156 valence electrons. The van der Waals surface area contributed by atoms with Crippen LogP contribution in [0.15, 0.2) is 47.1 Å². The van der Waals surface area contributed by atoms with Crippen LogP contribution >= 0.6 is 11.6 Å². The van der Waals surface area contributed by atoms with Crippen molar-refractivity contribution in [3.8, 4) is 0 Å². The molecule has 0 aliphatic rings. The van der Waals surface area contributed by atoms with Crippen molar-refractivity contribution in [1.82, 2.24) is 4.57 Å². The third-order valence-corrected chi connectivity index (χ3v) is 4.77. The summed E-state index contributed by atoms with van der Waals surface area (Å²) in [5.41, 5.74) is 1.70. The van der Waals surface area contributed by atoms with Crippen LogP contribution in [0.4, 0.5) is 11.4 Å². The number of amides is 1. The topological polar surface area (TPSA) is 117 Å². The van der Waals surface area contributed by atoms with Gasteiger partial charge in [0.2, 0.25) is 0 Å². The van der Waals surface area contributed by atoms with Crippen LogP contribution in [-0.2, 0) is 16.1 Å². The summed E-state index contributed by atoms with van der Waals surface area (Å²) in [6.45, 7) is 3.55. The van der Waals surface area contributed by atoms with Gasteiger partial charge in [0.25, 0.3) is 11.6 Å². The van der Waals surface area contributed by atoms with Crippen molar-refractivity contribution in [3.05, 3.63) is 80.5 Å². The minimum Gasteiger partial charge on any atom is -0.467 e. The smallest absolute Gasteiger partial charge is 0.340 e. The van der Waals surface area contributed by atoms with E-state index in [1.165, 1.54) is 12.1 Å². The van der Waals surface area contributed by atoms with Crippen molar-refractivity contribution >= 4 is 34.9 Å². The second kappa shape index (κ2) is 8.83. The van der Waals surface area contributed by atoms with E-state index < -0.39 is 23.4 Å². The predicted molar refractivity (Wildman–Crippen MR) is 109 cm³/mol. The Labute approximate surface area is 176 Å². The highest BCUT2D eigenvalue weighted by atomic mass is 35.5. The van der Waals surface area contributed by atoms with Crippen LogP contribution < -0.4 is 5.32 Å². The minimum absolute atomic E-state index is 0.0469. The molecular formula is C20H18ClN3O6. The molecule has 0 fully saturated rings. The molecule has 1 aromatic carbocycles. The number of carbonyl (C=O) groups excluding carboxylic acids is 2. The Morgan fingerprint density at radius 1 is 1.27 bits per heavy atom. The average molecular weight is 432 g/mol. The van der Waals surface area contributed by atoms with E-state index in [0.29, 0.717) is 17.8 Å². The van der Waals surface area contributed by atoms with Crippen molar-refractivity contribution in [3.63, 3.8) is 0 Å². The van der Waals surface area contributed by atoms with Gasteiger partial charge in [-0.15, -0.1) is 0 Å². The van der Waals surface area contributed by atoms with Gasteiger partial charge in [0.05, 0.1) is 23.3 Å². The number of carbonyl (C=O) groups is 2. The number of ether oxygens (including phenoxy) is 1. The van der Waals surface area contributed by atoms with Crippen LogP contribution in [0.5, 0.6) is 0 Å². The maximum absolute atomic E-state index is 12.4. The van der Waals surface area contributed by atoms with Gasteiger partial charge in [-0.2, -0.15) is 0 Å². The first-order chi connectivity index (χ1) is 14.3.